The number of rotatable bonds is 1. The van der Waals surface area contributed by atoms with Crippen molar-refractivity contribution in [3.05, 3.63) is 0 Å². The fourth-order valence-electron chi connectivity index (χ4n) is 1.65. The van der Waals surface area contributed by atoms with Crippen LogP contribution in [0.25, 0.3) is 0 Å². The quantitative estimate of drug-likeness (QED) is 0.708. The minimum absolute atomic E-state index is 0.0269. The molecule has 0 bridgehead atoms. The van der Waals surface area contributed by atoms with Gasteiger partial charge in [-0.2, -0.15) is 13.2 Å². The van der Waals surface area contributed by atoms with E-state index >= 15 is 0 Å². The first-order chi connectivity index (χ1) is 7.11. The molecule has 1 aliphatic rings. The van der Waals surface area contributed by atoms with E-state index in [0.717, 1.165) is 0 Å². The Balaban J connectivity index is 2.69. The van der Waals surface area contributed by atoms with Crippen LogP contribution in [0.15, 0.2) is 0 Å². The lowest BCUT2D eigenvalue weighted by molar-refractivity contribution is -0.194. The second-order valence-corrected chi connectivity index (χ2v) is 4.95. The lowest BCUT2D eigenvalue weighted by atomic mass is 9.95. The van der Waals surface area contributed by atoms with Crippen LogP contribution in [0, 0.1) is 11.8 Å². The van der Waals surface area contributed by atoms with Crippen LogP contribution in [0.3, 0.4) is 0 Å². The molecule has 0 aliphatic carbocycles. The molecule has 2 unspecified atom stereocenters. The Morgan fingerprint density at radius 2 is 1.81 bits per heavy atom. The predicted molar refractivity (Wildman–Crippen MR) is 51.7 cm³/mol. The molecule has 94 valence electrons. The smallest absolute Gasteiger partial charge is 0.393 e. The maximum absolute atomic E-state index is 12.6. The highest BCUT2D eigenvalue weighted by molar-refractivity contribution is 5.74. The molecule has 6 heteroatoms. The zero-order chi connectivity index (χ0) is 12.6. The average molecular weight is 239 g/mol. The number of esters is 1. The van der Waals surface area contributed by atoms with E-state index in [9.17, 15) is 18.0 Å². The van der Waals surface area contributed by atoms with Crippen LogP contribution in [0.1, 0.15) is 20.8 Å². The summed E-state index contributed by atoms with van der Waals surface area (Å²) < 4.78 is 42.6. The number of carbonyl (C=O) groups excluding carboxylic acids is 1. The Kier molecular flexibility index (Phi) is 3.52. The van der Waals surface area contributed by atoms with Gasteiger partial charge in [0.2, 0.25) is 0 Å². The van der Waals surface area contributed by atoms with Gasteiger partial charge in [0.1, 0.15) is 5.60 Å². The molecule has 0 aromatic carbocycles. The third kappa shape index (κ3) is 3.37. The Labute approximate surface area is 92.3 Å². The van der Waals surface area contributed by atoms with Crippen molar-refractivity contribution in [3.63, 3.8) is 0 Å². The Hall–Kier alpha value is -0.780. The normalized spacial score (nSPS) is 26.9. The molecule has 1 aliphatic heterocycles. The monoisotopic (exact) mass is 239 g/mol. The van der Waals surface area contributed by atoms with E-state index < -0.39 is 29.6 Å². The van der Waals surface area contributed by atoms with E-state index in [1.807, 2.05) is 0 Å². The number of hydrogen-bond donors (Lipinski definition) is 1. The minimum atomic E-state index is -4.36. The first-order valence-corrected chi connectivity index (χ1v) is 5.11. The summed E-state index contributed by atoms with van der Waals surface area (Å²) in [5.41, 5.74) is -0.754. The van der Waals surface area contributed by atoms with Crippen molar-refractivity contribution in [1.82, 2.24) is 5.32 Å². The summed E-state index contributed by atoms with van der Waals surface area (Å²) in [6.45, 7) is 4.72. The van der Waals surface area contributed by atoms with Crippen LogP contribution in [0.2, 0.25) is 0 Å². The SMILES string of the molecule is CC(C)(C)OC(=O)C1CNCC1C(F)(F)F. The van der Waals surface area contributed by atoms with Gasteiger partial charge in [0, 0.05) is 13.1 Å². The molecule has 0 amide bonds. The molecule has 1 saturated heterocycles. The molecule has 0 aromatic heterocycles. The molecule has 3 nitrogen and oxygen atoms in total. The number of ether oxygens (including phenoxy) is 1. The summed E-state index contributed by atoms with van der Waals surface area (Å²) in [5, 5.41) is 2.57. The summed E-state index contributed by atoms with van der Waals surface area (Å²) >= 11 is 0. The molecule has 1 rings (SSSR count). The standard InChI is InChI=1S/C10H16F3NO2/c1-9(2,3)16-8(15)6-4-14-5-7(6)10(11,12)13/h6-7,14H,4-5H2,1-3H3. The zero-order valence-corrected chi connectivity index (χ0v) is 9.52. The average Bonchev–Trinajstić information content (AvgIpc) is 2.45. The van der Waals surface area contributed by atoms with Crippen LogP contribution >= 0.6 is 0 Å². The molecule has 16 heavy (non-hydrogen) atoms. The molecule has 2 atom stereocenters. The van der Waals surface area contributed by atoms with Gasteiger partial charge in [0.15, 0.2) is 0 Å². The van der Waals surface area contributed by atoms with Crippen LogP contribution in [-0.4, -0.2) is 30.8 Å². The Morgan fingerprint density at radius 3 is 2.25 bits per heavy atom. The predicted octanol–water partition coefficient (Wildman–Crippen LogP) is 1.73. The van der Waals surface area contributed by atoms with Gasteiger partial charge in [-0.25, -0.2) is 0 Å². The summed E-state index contributed by atoms with van der Waals surface area (Å²) in [7, 11) is 0. The highest BCUT2D eigenvalue weighted by Gasteiger charge is 2.50. The lowest BCUT2D eigenvalue weighted by Gasteiger charge is -2.25. The minimum Gasteiger partial charge on any atom is -0.460 e. The van der Waals surface area contributed by atoms with Gasteiger partial charge in [-0.1, -0.05) is 0 Å². The zero-order valence-electron chi connectivity index (χ0n) is 9.52. The molecule has 0 saturated carbocycles. The van der Waals surface area contributed by atoms with E-state index in [-0.39, 0.29) is 13.1 Å². The summed E-state index contributed by atoms with van der Waals surface area (Å²) in [5.74, 6) is -3.54. The first-order valence-electron chi connectivity index (χ1n) is 5.11. The molecule has 1 N–H and O–H groups in total. The van der Waals surface area contributed by atoms with E-state index in [2.05, 4.69) is 5.32 Å². The summed E-state index contributed by atoms with van der Waals surface area (Å²) in [6, 6.07) is 0. The Bertz CT molecular complexity index is 270. The van der Waals surface area contributed by atoms with E-state index in [1.54, 1.807) is 20.8 Å². The second kappa shape index (κ2) is 4.24. The van der Waals surface area contributed by atoms with Crippen LogP contribution in [-0.2, 0) is 9.53 Å². The molecular formula is C10H16F3NO2. The second-order valence-electron chi connectivity index (χ2n) is 4.95. The number of nitrogens with one attached hydrogen (secondary N) is 1. The number of hydrogen-bond acceptors (Lipinski definition) is 3. The Morgan fingerprint density at radius 1 is 1.25 bits per heavy atom. The molecule has 1 fully saturated rings. The maximum atomic E-state index is 12.6. The molecule has 0 spiro atoms. The van der Waals surface area contributed by atoms with Gasteiger partial charge in [-0.3, -0.25) is 4.79 Å². The number of alkyl halides is 3. The largest absolute Gasteiger partial charge is 0.460 e. The van der Waals surface area contributed by atoms with Gasteiger partial charge in [0.05, 0.1) is 11.8 Å². The molecule has 0 aromatic rings. The van der Waals surface area contributed by atoms with Crippen molar-refractivity contribution >= 4 is 5.97 Å². The van der Waals surface area contributed by atoms with Crippen molar-refractivity contribution in [2.45, 2.75) is 32.5 Å². The van der Waals surface area contributed by atoms with E-state index in [4.69, 9.17) is 4.74 Å². The van der Waals surface area contributed by atoms with Gasteiger partial charge < -0.3 is 10.1 Å². The third-order valence-electron chi connectivity index (χ3n) is 2.34. The van der Waals surface area contributed by atoms with Gasteiger partial charge in [0.25, 0.3) is 0 Å². The highest BCUT2D eigenvalue weighted by atomic mass is 19.4. The topological polar surface area (TPSA) is 38.3 Å². The number of halogens is 3. The van der Waals surface area contributed by atoms with Gasteiger partial charge in [-0.05, 0) is 20.8 Å². The highest BCUT2D eigenvalue weighted by Crippen LogP contribution is 2.35. The third-order valence-corrected chi connectivity index (χ3v) is 2.34. The van der Waals surface area contributed by atoms with Crippen molar-refractivity contribution in [2.24, 2.45) is 11.8 Å². The van der Waals surface area contributed by atoms with Crippen molar-refractivity contribution in [3.8, 4) is 0 Å². The van der Waals surface area contributed by atoms with Crippen molar-refractivity contribution in [1.29, 1.82) is 0 Å². The molecular weight excluding hydrogens is 223 g/mol. The van der Waals surface area contributed by atoms with E-state index in [0.29, 0.717) is 0 Å². The van der Waals surface area contributed by atoms with E-state index in [1.165, 1.54) is 0 Å². The molecule has 0 radical (unpaired) electrons. The van der Waals surface area contributed by atoms with Gasteiger partial charge in [-0.15, -0.1) is 0 Å². The summed E-state index contributed by atoms with van der Waals surface area (Å²) in [6.07, 6.45) is -4.36. The lowest BCUT2D eigenvalue weighted by Crippen LogP contribution is -2.37. The fraction of sp³-hybridized carbons (Fsp3) is 0.900. The summed E-state index contributed by atoms with van der Waals surface area (Å²) in [4.78, 5) is 11.6. The molecule has 1 heterocycles. The first kappa shape index (κ1) is 13.3. The van der Waals surface area contributed by atoms with Crippen LogP contribution < -0.4 is 5.32 Å². The van der Waals surface area contributed by atoms with Crippen LogP contribution in [0.4, 0.5) is 13.2 Å². The van der Waals surface area contributed by atoms with Crippen molar-refractivity contribution < 1.29 is 22.7 Å². The fourth-order valence-corrected chi connectivity index (χ4v) is 1.65. The maximum Gasteiger partial charge on any atom is 0.393 e. The number of carbonyl (C=O) groups is 1. The van der Waals surface area contributed by atoms with Crippen LogP contribution in [0.5, 0.6) is 0 Å². The van der Waals surface area contributed by atoms with Gasteiger partial charge >= 0.3 is 12.1 Å². The van der Waals surface area contributed by atoms with Crippen molar-refractivity contribution in [2.75, 3.05) is 13.1 Å².